The molecule has 0 aromatic rings. The fourth-order valence-electron chi connectivity index (χ4n) is 1.89. The van der Waals surface area contributed by atoms with Gasteiger partial charge in [0.15, 0.2) is 5.78 Å². The van der Waals surface area contributed by atoms with Crippen LogP contribution in [0.1, 0.15) is 52.9 Å². The lowest BCUT2D eigenvalue weighted by Crippen LogP contribution is -2.44. The smallest absolute Gasteiger partial charge is 0.320 e. The molecule has 0 heterocycles. The van der Waals surface area contributed by atoms with Crippen molar-refractivity contribution in [3.05, 3.63) is 0 Å². The number of aliphatic carboxylic acids is 1. The lowest BCUT2D eigenvalue weighted by atomic mass is 9.96. The minimum atomic E-state index is -1.18. The summed E-state index contributed by atoms with van der Waals surface area (Å²) in [5.74, 6) is -1.96. The van der Waals surface area contributed by atoms with Crippen molar-refractivity contribution in [3.8, 4) is 0 Å². The number of amides is 1. The molecule has 0 aromatic heterocycles. The third kappa shape index (κ3) is 10.9. The first kappa shape index (κ1) is 21.6. The fourth-order valence-corrected chi connectivity index (χ4v) is 2.08. The number of rotatable bonds is 11. The molecule has 0 saturated carbocycles. The van der Waals surface area contributed by atoms with Gasteiger partial charge < -0.3 is 21.0 Å². The molecule has 2 unspecified atom stereocenters. The largest absolute Gasteiger partial charge is 0.480 e. The highest BCUT2D eigenvalue weighted by atomic mass is 32.1. The van der Waals surface area contributed by atoms with Crippen molar-refractivity contribution in [1.29, 1.82) is 0 Å². The maximum atomic E-state index is 12.2. The van der Waals surface area contributed by atoms with Crippen molar-refractivity contribution >= 4 is 36.1 Å². The van der Waals surface area contributed by atoms with Gasteiger partial charge in [-0.25, -0.2) is 0 Å². The first-order valence-corrected chi connectivity index (χ1v) is 7.89. The fraction of sp³-hybridized carbons (Fsp3) is 0.733. The molecule has 0 aliphatic heterocycles. The Morgan fingerprint density at radius 2 is 1.74 bits per heavy atom. The second kappa shape index (κ2) is 9.67. The molecular formula is C15H26N2O5S. The molecule has 8 heteroatoms. The lowest BCUT2D eigenvalue weighted by Gasteiger charge is -2.25. The molecule has 7 nitrogen and oxygen atoms in total. The van der Waals surface area contributed by atoms with E-state index in [1.54, 1.807) is 0 Å². The number of nitrogens with two attached hydrogens (primary N) is 1. The Kier molecular flexibility index (Phi) is 9.07. The second-order valence-electron chi connectivity index (χ2n) is 6.29. The van der Waals surface area contributed by atoms with Crippen molar-refractivity contribution in [3.63, 3.8) is 0 Å². The zero-order chi connectivity index (χ0) is 18.2. The van der Waals surface area contributed by atoms with E-state index >= 15 is 0 Å². The topological polar surface area (TPSA) is 127 Å². The number of carboxylic acids is 1. The highest BCUT2D eigenvalue weighted by Crippen LogP contribution is 2.20. The van der Waals surface area contributed by atoms with Crippen LogP contribution in [-0.4, -0.2) is 45.4 Å². The molecule has 0 spiro atoms. The predicted octanol–water partition coefficient (Wildman–Crippen LogP) is 0.700. The molecule has 0 aliphatic carbocycles. The van der Waals surface area contributed by atoms with Gasteiger partial charge in [0.2, 0.25) is 5.91 Å². The summed E-state index contributed by atoms with van der Waals surface area (Å²) in [6.07, 6.45) is 0.390. The molecule has 0 aromatic carbocycles. The molecule has 0 saturated heterocycles. The van der Waals surface area contributed by atoms with Crippen LogP contribution in [0.2, 0.25) is 0 Å². The number of ketones is 2. The van der Waals surface area contributed by atoms with Gasteiger partial charge in [-0.15, -0.1) is 0 Å². The average Bonchev–Trinajstić information content (AvgIpc) is 2.39. The summed E-state index contributed by atoms with van der Waals surface area (Å²) in [4.78, 5) is 45.7. The highest BCUT2D eigenvalue weighted by molar-refractivity contribution is 7.81. The van der Waals surface area contributed by atoms with E-state index < -0.39 is 28.7 Å². The number of carbonyl (C=O) groups is 4. The Hall–Kier alpha value is -1.41. The van der Waals surface area contributed by atoms with E-state index in [4.69, 9.17) is 10.8 Å². The van der Waals surface area contributed by atoms with E-state index in [1.165, 1.54) is 6.92 Å². The van der Waals surface area contributed by atoms with Gasteiger partial charge in [0, 0.05) is 24.0 Å². The molecule has 132 valence electrons. The molecule has 1 amide bonds. The van der Waals surface area contributed by atoms with Crippen LogP contribution in [0.15, 0.2) is 0 Å². The van der Waals surface area contributed by atoms with Crippen molar-refractivity contribution in [1.82, 2.24) is 5.32 Å². The summed E-state index contributed by atoms with van der Waals surface area (Å²) in [6.45, 7) is 5.03. The normalized spacial score (nSPS) is 14.0. The maximum Gasteiger partial charge on any atom is 0.320 e. The lowest BCUT2D eigenvalue weighted by molar-refractivity contribution is -0.138. The number of carboxylic acid groups (broad SMARTS) is 1. The second-order valence-corrected chi connectivity index (χ2v) is 7.50. The van der Waals surface area contributed by atoms with Gasteiger partial charge in [0.05, 0.1) is 6.04 Å². The molecule has 0 bridgehead atoms. The Morgan fingerprint density at radius 1 is 1.17 bits per heavy atom. The van der Waals surface area contributed by atoms with Gasteiger partial charge in [0.25, 0.3) is 0 Å². The van der Waals surface area contributed by atoms with Gasteiger partial charge in [0.1, 0.15) is 11.8 Å². The third-order valence-corrected chi connectivity index (χ3v) is 3.33. The molecule has 0 rings (SSSR count). The minimum absolute atomic E-state index is 0.0141. The van der Waals surface area contributed by atoms with Crippen molar-refractivity contribution in [2.24, 2.45) is 5.73 Å². The van der Waals surface area contributed by atoms with Gasteiger partial charge in [-0.3, -0.25) is 14.4 Å². The third-order valence-electron chi connectivity index (χ3n) is 3.15. The van der Waals surface area contributed by atoms with Gasteiger partial charge in [-0.2, -0.15) is 12.6 Å². The summed E-state index contributed by atoms with van der Waals surface area (Å²) in [7, 11) is 0. The monoisotopic (exact) mass is 346 g/mol. The van der Waals surface area contributed by atoms with Crippen molar-refractivity contribution in [2.45, 2.75) is 69.7 Å². The summed E-state index contributed by atoms with van der Waals surface area (Å²) in [6, 6.07) is -1.87. The molecule has 2 atom stereocenters. The van der Waals surface area contributed by atoms with E-state index in [-0.39, 0.29) is 37.2 Å². The summed E-state index contributed by atoms with van der Waals surface area (Å²) in [5, 5.41) is 11.3. The van der Waals surface area contributed by atoms with E-state index in [2.05, 4.69) is 17.9 Å². The van der Waals surface area contributed by atoms with Gasteiger partial charge in [-0.05, 0) is 19.8 Å². The Morgan fingerprint density at radius 3 is 2.17 bits per heavy atom. The molecule has 0 radical (unpaired) electrons. The van der Waals surface area contributed by atoms with Crippen LogP contribution in [0.5, 0.6) is 0 Å². The van der Waals surface area contributed by atoms with Crippen LogP contribution in [0.3, 0.4) is 0 Å². The summed E-state index contributed by atoms with van der Waals surface area (Å²) >= 11 is 4.36. The number of Topliss-reactive ketones (excluding diaryl/α,β-unsaturated/α-hetero) is 2. The SMILES string of the molecule is CC(=O)CCC(=O)C(CC(C)(C)S)NC(=O)CCC(N)C(=O)O. The predicted molar refractivity (Wildman–Crippen MR) is 89.4 cm³/mol. The van der Waals surface area contributed by atoms with Crippen LogP contribution in [0, 0.1) is 0 Å². The number of nitrogens with one attached hydrogen (secondary N) is 1. The molecule has 0 fully saturated rings. The Labute approximate surface area is 141 Å². The van der Waals surface area contributed by atoms with Crippen LogP contribution >= 0.6 is 12.6 Å². The summed E-state index contributed by atoms with van der Waals surface area (Å²) in [5.41, 5.74) is 5.34. The minimum Gasteiger partial charge on any atom is -0.480 e. The van der Waals surface area contributed by atoms with Gasteiger partial charge in [-0.1, -0.05) is 13.8 Å². The number of carbonyl (C=O) groups excluding carboxylic acids is 3. The number of hydrogen-bond donors (Lipinski definition) is 4. The zero-order valence-electron chi connectivity index (χ0n) is 13.8. The van der Waals surface area contributed by atoms with E-state index in [0.29, 0.717) is 6.42 Å². The van der Waals surface area contributed by atoms with E-state index in [9.17, 15) is 19.2 Å². The Balaban J connectivity index is 4.68. The molecular weight excluding hydrogens is 320 g/mol. The van der Waals surface area contributed by atoms with Crippen molar-refractivity contribution in [2.75, 3.05) is 0 Å². The quantitative estimate of drug-likeness (QED) is 0.408. The van der Waals surface area contributed by atoms with Crippen molar-refractivity contribution < 1.29 is 24.3 Å². The van der Waals surface area contributed by atoms with Crippen LogP contribution in [0.25, 0.3) is 0 Å². The van der Waals surface area contributed by atoms with E-state index in [1.807, 2.05) is 13.8 Å². The van der Waals surface area contributed by atoms with E-state index in [0.717, 1.165) is 0 Å². The number of thiol groups is 1. The molecule has 0 aliphatic rings. The van der Waals surface area contributed by atoms with Crippen LogP contribution < -0.4 is 11.1 Å². The maximum absolute atomic E-state index is 12.2. The first-order valence-electron chi connectivity index (χ1n) is 7.44. The summed E-state index contributed by atoms with van der Waals surface area (Å²) < 4.78 is -0.485. The first-order chi connectivity index (χ1) is 10.4. The standard InChI is InChI=1S/C15H26N2O5S/c1-9(18)4-6-12(19)11(8-15(2,3)23)17-13(20)7-5-10(16)14(21)22/h10-11,23H,4-8,16H2,1-3H3,(H,17,20)(H,21,22). The van der Waals surface area contributed by atoms with Gasteiger partial charge >= 0.3 is 5.97 Å². The van der Waals surface area contributed by atoms with Crippen LogP contribution in [-0.2, 0) is 19.2 Å². The molecule has 4 N–H and O–H groups in total. The zero-order valence-corrected chi connectivity index (χ0v) is 14.7. The average molecular weight is 346 g/mol. The number of hydrogen-bond acceptors (Lipinski definition) is 6. The van der Waals surface area contributed by atoms with Crippen LogP contribution in [0.4, 0.5) is 0 Å². The molecule has 23 heavy (non-hydrogen) atoms. The Bertz CT molecular complexity index is 459. The highest BCUT2D eigenvalue weighted by Gasteiger charge is 2.27.